The van der Waals surface area contributed by atoms with Crippen LogP contribution in [0.15, 0.2) is 24.3 Å². The minimum Gasteiger partial charge on any atom is -0.390 e. The number of carbonyl (C=O) groups excluding carboxylic acids is 1. The molecule has 3 nitrogen and oxygen atoms in total. The van der Waals surface area contributed by atoms with Crippen molar-refractivity contribution in [2.75, 3.05) is 5.73 Å². The first kappa shape index (κ1) is 12.9. The van der Waals surface area contributed by atoms with Crippen molar-refractivity contribution >= 4 is 22.2 Å². The number of anilines is 1. The number of hydrogen-bond acceptors (Lipinski definition) is 3. The Morgan fingerprint density at radius 3 is 2.86 bits per heavy atom. The second-order valence-electron chi connectivity index (χ2n) is 5.90. The van der Waals surface area contributed by atoms with Crippen molar-refractivity contribution in [2.45, 2.75) is 38.1 Å². The van der Waals surface area contributed by atoms with Gasteiger partial charge in [-0.05, 0) is 43.2 Å². The lowest BCUT2D eigenvalue weighted by Crippen LogP contribution is -2.26. The molecule has 3 N–H and O–H groups in total. The summed E-state index contributed by atoms with van der Waals surface area (Å²) in [7, 11) is 0. The van der Waals surface area contributed by atoms with Crippen LogP contribution in [0, 0.1) is 0 Å². The van der Waals surface area contributed by atoms with Gasteiger partial charge in [0.25, 0.3) is 5.91 Å². The van der Waals surface area contributed by atoms with Crippen LogP contribution in [-0.4, -0.2) is 11.9 Å². The van der Waals surface area contributed by atoms with Gasteiger partial charge in [0.05, 0.1) is 10.6 Å². The largest absolute Gasteiger partial charge is 0.390 e. The molecule has 1 heterocycles. The molecule has 1 saturated carbocycles. The summed E-state index contributed by atoms with van der Waals surface area (Å²) >= 11 is 1.59. The number of fused-ring (bicyclic) bond motifs is 3. The number of nitrogen functional groups attached to an aromatic ring is 1. The molecule has 4 heteroatoms. The third-order valence-electron chi connectivity index (χ3n) is 4.28. The van der Waals surface area contributed by atoms with E-state index in [4.69, 9.17) is 5.73 Å². The normalized spacial score (nSPS) is 16.8. The Labute approximate surface area is 128 Å². The van der Waals surface area contributed by atoms with E-state index in [2.05, 4.69) is 23.5 Å². The first-order valence-electron chi connectivity index (χ1n) is 7.54. The van der Waals surface area contributed by atoms with Crippen molar-refractivity contribution in [3.63, 3.8) is 0 Å². The molecule has 0 radical (unpaired) electrons. The fourth-order valence-electron chi connectivity index (χ4n) is 3.09. The highest BCUT2D eigenvalue weighted by atomic mass is 32.1. The van der Waals surface area contributed by atoms with Gasteiger partial charge in [0, 0.05) is 16.5 Å². The van der Waals surface area contributed by atoms with Gasteiger partial charge in [-0.2, -0.15) is 0 Å². The minimum atomic E-state index is 0.00389. The zero-order valence-electron chi connectivity index (χ0n) is 11.8. The van der Waals surface area contributed by atoms with Gasteiger partial charge in [-0.25, -0.2) is 0 Å². The van der Waals surface area contributed by atoms with Crippen LogP contribution in [0.2, 0.25) is 0 Å². The van der Waals surface area contributed by atoms with Crippen LogP contribution in [0.1, 0.15) is 40.1 Å². The van der Waals surface area contributed by atoms with E-state index >= 15 is 0 Å². The van der Waals surface area contributed by atoms with Gasteiger partial charge in [0.1, 0.15) is 0 Å². The number of nitrogens with one attached hydrogen (secondary N) is 1. The third-order valence-corrected chi connectivity index (χ3v) is 5.36. The Morgan fingerprint density at radius 1 is 1.24 bits per heavy atom. The molecule has 0 bridgehead atoms. The van der Waals surface area contributed by atoms with Gasteiger partial charge in [-0.3, -0.25) is 4.79 Å². The maximum absolute atomic E-state index is 12.6. The highest BCUT2D eigenvalue weighted by Gasteiger charge is 2.30. The lowest BCUT2D eigenvalue weighted by Gasteiger charge is -2.10. The Bertz CT molecular complexity index is 716. The monoisotopic (exact) mass is 298 g/mol. The molecule has 1 aromatic heterocycles. The fraction of sp³-hybridized carbons (Fsp3) is 0.353. The van der Waals surface area contributed by atoms with Crippen LogP contribution in [-0.2, 0) is 12.8 Å². The standard InChI is InChI=1S/C17H18N2OS/c18-16-15(17(20)19-11-8-9-11)14-12-6-2-1-4-10(12)5-3-7-13(14)21-16/h1-2,4,6,11H,3,5,7-9,18H2,(H,19,20). The molecule has 4 rings (SSSR count). The van der Waals surface area contributed by atoms with E-state index in [9.17, 15) is 4.79 Å². The number of hydrogen-bond donors (Lipinski definition) is 2. The minimum absolute atomic E-state index is 0.00389. The van der Waals surface area contributed by atoms with Gasteiger partial charge < -0.3 is 11.1 Å². The highest BCUT2D eigenvalue weighted by Crippen LogP contribution is 2.43. The van der Waals surface area contributed by atoms with Crippen LogP contribution in [0.25, 0.3) is 11.1 Å². The summed E-state index contributed by atoms with van der Waals surface area (Å²) in [6.07, 6.45) is 5.38. The Hall–Kier alpha value is -1.81. The molecular weight excluding hydrogens is 280 g/mol. The summed E-state index contributed by atoms with van der Waals surface area (Å²) in [4.78, 5) is 13.8. The quantitative estimate of drug-likeness (QED) is 0.893. The maximum Gasteiger partial charge on any atom is 0.255 e. The van der Waals surface area contributed by atoms with E-state index in [-0.39, 0.29) is 5.91 Å². The fourth-order valence-corrected chi connectivity index (χ4v) is 4.21. The Morgan fingerprint density at radius 2 is 2.05 bits per heavy atom. The summed E-state index contributed by atoms with van der Waals surface area (Å²) in [5.74, 6) is 0.00389. The van der Waals surface area contributed by atoms with E-state index in [1.165, 1.54) is 16.0 Å². The van der Waals surface area contributed by atoms with E-state index in [1.807, 2.05) is 6.07 Å². The van der Waals surface area contributed by atoms with Crippen LogP contribution in [0.3, 0.4) is 0 Å². The third kappa shape index (κ3) is 2.23. The molecule has 0 aliphatic heterocycles. The molecule has 2 aromatic rings. The van der Waals surface area contributed by atoms with Gasteiger partial charge >= 0.3 is 0 Å². The van der Waals surface area contributed by atoms with E-state index < -0.39 is 0 Å². The summed E-state index contributed by atoms with van der Waals surface area (Å²) < 4.78 is 0. The molecular formula is C17H18N2OS. The van der Waals surface area contributed by atoms with E-state index in [0.29, 0.717) is 16.6 Å². The van der Waals surface area contributed by atoms with E-state index in [1.54, 1.807) is 11.3 Å². The first-order chi connectivity index (χ1) is 10.2. The number of amides is 1. The molecule has 108 valence electrons. The molecule has 0 saturated heterocycles. The van der Waals surface area contributed by atoms with E-state index in [0.717, 1.165) is 37.7 Å². The zero-order valence-corrected chi connectivity index (χ0v) is 12.6. The predicted octanol–water partition coefficient (Wildman–Crippen LogP) is 3.38. The summed E-state index contributed by atoms with van der Waals surface area (Å²) in [6, 6.07) is 8.77. The molecule has 1 fully saturated rings. The molecule has 0 unspecified atom stereocenters. The number of aryl methyl sites for hydroxylation is 2. The second-order valence-corrected chi connectivity index (χ2v) is 7.03. The predicted molar refractivity (Wildman–Crippen MR) is 86.7 cm³/mol. The van der Waals surface area contributed by atoms with Crippen molar-refractivity contribution in [1.82, 2.24) is 5.32 Å². The molecule has 1 aromatic carbocycles. The van der Waals surface area contributed by atoms with Gasteiger partial charge in [0.2, 0.25) is 0 Å². The number of rotatable bonds is 2. The van der Waals surface area contributed by atoms with Crippen LogP contribution < -0.4 is 11.1 Å². The van der Waals surface area contributed by atoms with Crippen molar-refractivity contribution in [2.24, 2.45) is 0 Å². The van der Waals surface area contributed by atoms with Crippen LogP contribution in [0.5, 0.6) is 0 Å². The first-order valence-corrected chi connectivity index (χ1v) is 8.36. The number of benzene rings is 1. The summed E-state index contributed by atoms with van der Waals surface area (Å²) in [5.41, 5.74) is 10.5. The van der Waals surface area contributed by atoms with Gasteiger partial charge in [-0.15, -0.1) is 11.3 Å². The summed E-state index contributed by atoms with van der Waals surface area (Å²) in [6.45, 7) is 0. The maximum atomic E-state index is 12.6. The SMILES string of the molecule is Nc1sc2c(c1C(=O)NC1CC1)-c1ccccc1CCC2. The highest BCUT2D eigenvalue weighted by molar-refractivity contribution is 7.17. The molecule has 21 heavy (non-hydrogen) atoms. The molecule has 2 aliphatic carbocycles. The molecule has 0 spiro atoms. The second kappa shape index (κ2) is 4.88. The summed E-state index contributed by atoms with van der Waals surface area (Å²) in [5, 5.41) is 3.75. The van der Waals surface area contributed by atoms with Crippen LogP contribution in [0.4, 0.5) is 5.00 Å². The lowest BCUT2D eigenvalue weighted by molar-refractivity contribution is 0.0953. The van der Waals surface area contributed by atoms with Crippen LogP contribution >= 0.6 is 11.3 Å². The van der Waals surface area contributed by atoms with Crippen molar-refractivity contribution in [1.29, 1.82) is 0 Å². The molecule has 2 aliphatic rings. The number of carbonyl (C=O) groups is 1. The van der Waals surface area contributed by atoms with Gasteiger partial charge in [0.15, 0.2) is 0 Å². The average molecular weight is 298 g/mol. The van der Waals surface area contributed by atoms with Crippen molar-refractivity contribution in [3.8, 4) is 11.1 Å². The lowest BCUT2D eigenvalue weighted by atomic mass is 9.96. The zero-order chi connectivity index (χ0) is 14.4. The van der Waals surface area contributed by atoms with Crippen molar-refractivity contribution < 1.29 is 4.79 Å². The van der Waals surface area contributed by atoms with Crippen molar-refractivity contribution in [3.05, 3.63) is 40.3 Å². The van der Waals surface area contributed by atoms with Gasteiger partial charge in [-0.1, -0.05) is 24.3 Å². The Balaban J connectivity index is 1.87. The molecule has 0 atom stereocenters. The number of thiophene rings is 1. The Kier molecular flexibility index (Phi) is 3.00. The molecule has 1 amide bonds. The average Bonchev–Trinajstić information content (AvgIpc) is 3.24. The smallest absolute Gasteiger partial charge is 0.255 e. The number of nitrogens with two attached hydrogens (primary N) is 1. The topological polar surface area (TPSA) is 55.1 Å².